The number of hydrogen-bond acceptors (Lipinski definition) is 1. The van der Waals surface area contributed by atoms with E-state index in [2.05, 4.69) is 19.1 Å². The second-order valence-electron chi connectivity index (χ2n) is 11.0. The molecular weight excluding hydrogens is 407 g/mol. The normalized spacial score (nSPS) is 25.9. The quantitative estimate of drug-likeness (QED) is 0.326. The first-order valence-electron chi connectivity index (χ1n) is 14.0. The van der Waals surface area contributed by atoms with Crippen LogP contribution in [0.2, 0.25) is 0 Å². The molecule has 0 aromatic heterocycles. The van der Waals surface area contributed by atoms with Gasteiger partial charge in [0, 0.05) is 5.39 Å². The molecule has 0 radical (unpaired) electrons. The maximum atomic E-state index is 14.6. The van der Waals surface area contributed by atoms with Crippen LogP contribution in [0.5, 0.6) is 5.75 Å². The van der Waals surface area contributed by atoms with Gasteiger partial charge < -0.3 is 4.74 Å². The van der Waals surface area contributed by atoms with E-state index >= 15 is 0 Å². The molecule has 2 aliphatic rings. The summed E-state index contributed by atoms with van der Waals surface area (Å²) in [5, 5.41) is 1.66. The lowest BCUT2D eigenvalue weighted by Gasteiger charge is -2.38. The van der Waals surface area contributed by atoms with E-state index in [0.717, 1.165) is 35.5 Å². The summed E-state index contributed by atoms with van der Waals surface area (Å²) in [4.78, 5) is 0. The van der Waals surface area contributed by atoms with Gasteiger partial charge in [-0.3, -0.25) is 0 Å². The Morgan fingerprint density at radius 2 is 1.45 bits per heavy atom. The van der Waals surface area contributed by atoms with Crippen LogP contribution < -0.4 is 4.74 Å². The van der Waals surface area contributed by atoms with Gasteiger partial charge in [-0.1, -0.05) is 82.6 Å². The fourth-order valence-electron chi connectivity index (χ4n) is 6.69. The maximum Gasteiger partial charge on any atom is 0.172 e. The van der Waals surface area contributed by atoms with E-state index < -0.39 is 0 Å². The second-order valence-corrected chi connectivity index (χ2v) is 11.0. The number of fused-ring (bicyclic) bond motifs is 1. The highest BCUT2D eigenvalue weighted by Crippen LogP contribution is 2.43. The fraction of sp³-hybridized carbons (Fsp3) is 0.677. The fourth-order valence-corrected chi connectivity index (χ4v) is 6.69. The third kappa shape index (κ3) is 6.52. The van der Waals surface area contributed by atoms with E-state index in [1.54, 1.807) is 6.07 Å². The van der Waals surface area contributed by atoms with Crippen molar-refractivity contribution in [3.63, 3.8) is 0 Å². The average molecular weight is 453 g/mol. The number of halogens is 1. The molecule has 0 unspecified atom stereocenters. The molecule has 0 heterocycles. The zero-order chi connectivity index (χ0) is 23.0. The maximum absolute atomic E-state index is 14.6. The predicted molar refractivity (Wildman–Crippen MR) is 138 cm³/mol. The van der Waals surface area contributed by atoms with Crippen molar-refractivity contribution < 1.29 is 9.13 Å². The Labute approximate surface area is 201 Å². The topological polar surface area (TPSA) is 9.23 Å². The van der Waals surface area contributed by atoms with Crippen LogP contribution in [0.3, 0.4) is 0 Å². The summed E-state index contributed by atoms with van der Waals surface area (Å²) in [7, 11) is 0. The van der Waals surface area contributed by atoms with Crippen molar-refractivity contribution in [3.8, 4) is 5.75 Å². The van der Waals surface area contributed by atoms with E-state index in [0.29, 0.717) is 17.7 Å². The van der Waals surface area contributed by atoms with E-state index in [4.69, 9.17) is 4.74 Å². The summed E-state index contributed by atoms with van der Waals surface area (Å²) in [6.07, 6.45) is 19.9. The highest BCUT2D eigenvalue weighted by Gasteiger charge is 2.30. The molecule has 182 valence electrons. The summed E-state index contributed by atoms with van der Waals surface area (Å²) < 4.78 is 20.0. The monoisotopic (exact) mass is 452 g/mol. The molecule has 0 N–H and O–H groups in total. The molecule has 0 spiro atoms. The smallest absolute Gasteiger partial charge is 0.172 e. The molecule has 2 fully saturated rings. The number of rotatable bonds is 10. The van der Waals surface area contributed by atoms with Crippen LogP contribution in [0, 0.1) is 29.5 Å². The number of hydrogen-bond donors (Lipinski definition) is 0. The van der Waals surface area contributed by atoms with Gasteiger partial charge in [-0.25, -0.2) is 4.39 Å². The molecule has 0 aliphatic heterocycles. The van der Waals surface area contributed by atoms with Crippen molar-refractivity contribution in [2.45, 2.75) is 104 Å². The molecular formula is C31H45FO. The van der Waals surface area contributed by atoms with Gasteiger partial charge in [-0.15, -0.1) is 0 Å². The van der Waals surface area contributed by atoms with Gasteiger partial charge in [0.25, 0.3) is 0 Å². The van der Waals surface area contributed by atoms with Gasteiger partial charge in [0.05, 0.1) is 6.61 Å². The lowest BCUT2D eigenvalue weighted by molar-refractivity contribution is 0.140. The molecule has 1 nitrogen and oxygen atoms in total. The number of aryl methyl sites for hydroxylation is 1. The van der Waals surface area contributed by atoms with E-state index in [-0.39, 0.29) is 5.82 Å². The molecule has 2 saturated carbocycles. The van der Waals surface area contributed by atoms with Crippen molar-refractivity contribution in [3.05, 3.63) is 41.7 Å². The Hall–Kier alpha value is -1.57. The largest absolute Gasteiger partial charge is 0.491 e. The molecule has 2 heteroatoms. The Balaban J connectivity index is 1.21. The zero-order valence-electron chi connectivity index (χ0n) is 21.1. The highest BCUT2D eigenvalue weighted by atomic mass is 19.1. The Kier molecular flexibility index (Phi) is 9.10. The first kappa shape index (κ1) is 24.6. The van der Waals surface area contributed by atoms with Crippen LogP contribution in [0.1, 0.15) is 103 Å². The van der Waals surface area contributed by atoms with Crippen LogP contribution >= 0.6 is 0 Å². The van der Waals surface area contributed by atoms with Crippen LogP contribution in [0.25, 0.3) is 10.8 Å². The average Bonchev–Trinajstić information content (AvgIpc) is 2.85. The van der Waals surface area contributed by atoms with Crippen molar-refractivity contribution in [2.24, 2.45) is 23.7 Å². The van der Waals surface area contributed by atoms with E-state index in [1.807, 2.05) is 19.1 Å². The Morgan fingerprint density at radius 1 is 0.788 bits per heavy atom. The Morgan fingerprint density at radius 3 is 2.09 bits per heavy atom. The third-order valence-corrected chi connectivity index (χ3v) is 8.79. The van der Waals surface area contributed by atoms with Crippen molar-refractivity contribution in [1.29, 1.82) is 0 Å². The van der Waals surface area contributed by atoms with Crippen LogP contribution in [-0.2, 0) is 6.42 Å². The molecule has 0 saturated heterocycles. The molecule has 0 bridgehead atoms. The van der Waals surface area contributed by atoms with Gasteiger partial charge in [-0.2, -0.15) is 0 Å². The van der Waals surface area contributed by atoms with Crippen molar-refractivity contribution >= 4 is 10.8 Å². The summed E-state index contributed by atoms with van der Waals surface area (Å²) >= 11 is 0. The number of ether oxygens (including phenoxy) is 1. The van der Waals surface area contributed by atoms with Crippen LogP contribution in [0.4, 0.5) is 4.39 Å². The van der Waals surface area contributed by atoms with Crippen LogP contribution in [0.15, 0.2) is 30.3 Å². The molecule has 0 amide bonds. The summed E-state index contributed by atoms with van der Waals surface area (Å²) in [6.45, 7) is 4.69. The molecule has 33 heavy (non-hydrogen) atoms. The lowest BCUT2D eigenvalue weighted by atomic mass is 9.68. The minimum atomic E-state index is -0.228. The minimum Gasteiger partial charge on any atom is -0.491 e. The second kappa shape index (κ2) is 12.2. The number of unbranched alkanes of at least 4 members (excludes halogenated alkanes) is 2. The minimum absolute atomic E-state index is 0.228. The molecule has 2 aromatic rings. The summed E-state index contributed by atoms with van der Waals surface area (Å²) in [5.74, 6) is 4.06. The van der Waals surface area contributed by atoms with Gasteiger partial charge in [-0.05, 0) is 86.1 Å². The van der Waals surface area contributed by atoms with Gasteiger partial charge in [0.15, 0.2) is 11.6 Å². The zero-order valence-corrected chi connectivity index (χ0v) is 21.1. The first-order chi connectivity index (χ1) is 16.2. The molecule has 0 atom stereocenters. The predicted octanol–water partition coefficient (Wildman–Crippen LogP) is 9.50. The SMILES string of the molecule is CCCCCC1CCC(C2CCC(CCc3ccc4c(F)c(OCC)ccc4c3)CC2)CC1. The van der Waals surface area contributed by atoms with Crippen LogP contribution in [-0.4, -0.2) is 6.61 Å². The van der Waals surface area contributed by atoms with Gasteiger partial charge >= 0.3 is 0 Å². The third-order valence-electron chi connectivity index (χ3n) is 8.79. The Bertz CT molecular complexity index is 859. The molecule has 2 aromatic carbocycles. The highest BCUT2D eigenvalue weighted by molar-refractivity contribution is 5.85. The molecule has 4 rings (SSSR count). The first-order valence-corrected chi connectivity index (χ1v) is 14.0. The lowest BCUT2D eigenvalue weighted by Crippen LogP contribution is -2.26. The molecule has 2 aliphatic carbocycles. The van der Waals surface area contributed by atoms with E-state index in [1.165, 1.54) is 89.0 Å². The number of benzene rings is 2. The van der Waals surface area contributed by atoms with Gasteiger partial charge in [0.1, 0.15) is 0 Å². The standard InChI is InChI=1S/C31H45FO/c1-3-5-6-7-23-10-15-26(16-11-23)27-17-12-24(13-18-27)8-9-25-14-20-29-28(22-25)19-21-30(31(29)32)33-4-2/h14,19-24,26-27H,3-13,15-18H2,1-2H3. The van der Waals surface area contributed by atoms with Crippen molar-refractivity contribution in [1.82, 2.24) is 0 Å². The summed E-state index contributed by atoms with van der Waals surface area (Å²) in [6, 6.07) is 10.0. The van der Waals surface area contributed by atoms with E-state index in [9.17, 15) is 4.39 Å². The van der Waals surface area contributed by atoms with Gasteiger partial charge in [0.2, 0.25) is 0 Å². The summed E-state index contributed by atoms with van der Waals surface area (Å²) in [5.41, 5.74) is 1.34. The van der Waals surface area contributed by atoms with Crippen molar-refractivity contribution in [2.75, 3.05) is 6.61 Å².